The average Bonchev–Trinajstić information content (AvgIpc) is 3.16. The topological polar surface area (TPSA) is 60.0 Å². The molecule has 162 valence electrons. The molecule has 7 heteroatoms. The Balaban J connectivity index is 0.00000300. The number of hydrogen-bond acceptors (Lipinski definition) is 3. The molecule has 0 bridgehead atoms. The molecule has 1 saturated heterocycles. The van der Waals surface area contributed by atoms with Gasteiger partial charge < -0.3 is 20.4 Å². The lowest BCUT2D eigenvalue weighted by Crippen LogP contribution is -2.48. The van der Waals surface area contributed by atoms with E-state index in [-0.39, 0.29) is 29.9 Å². The van der Waals surface area contributed by atoms with Crippen molar-refractivity contribution in [2.75, 3.05) is 33.2 Å². The van der Waals surface area contributed by atoms with Crippen LogP contribution < -0.4 is 10.6 Å². The zero-order chi connectivity index (χ0) is 19.8. The highest BCUT2D eigenvalue weighted by molar-refractivity contribution is 14.0. The van der Waals surface area contributed by atoms with Gasteiger partial charge in [0, 0.05) is 52.2 Å². The zero-order valence-corrected chi connectivity index (χ0v) is 20.2. The molecule has 0 saturated carbocycles. The first-order valence-corrected chi connectivity index (χ1v) is 10.7. The van der Waals surface area contributed by atoms with Gasteiger partial charge in [-0.3, -0.25) is 9.79 Å². The van der Waals surface area contributed by atoms with Crippen LogP contribution in [0.5, 0.6) is 0 Å². The van der Waals surface area contributed by atoms with Crippen molar-refractivity contribution in [2.24, 2.45) is 4.99 Å². The van der Waals surface area contributed by atoms with Gasteiger partial charge in [-0.2, -0.15) is 0 Å². The summed E-state index contributed by atoms with van der Waals surface area (Å²) < 4.78 is 0. The molecule has 0 unspecified atom stereocenters. The van der Waals surface area contributed by atoms with Crippen LogP contribution in [0.25, 0.3) is 0 Å². The van der Waals surface area contributed by atoms with Gasteiger partial charge >= 0.3 is 0 Å². The van der Waals surface area contributed by atoms with E-state index in [0.717, 1.165) is 57.9 Å². The molecule has 29 heavy (non-hydrogen) atoms. The lowest BCUT2D eigenvalue weighted by atomic mass is 10.1. The number of carbonyl (C=O) groups is 1. The number of amides is 1. The molecule has 1 aromatic carbocycles. The Kier molecular flexibility index (Phi) is 10.2. The van der Waals surface area contributed by atoms with Crippen LogP contribution >= 0.6 is 24.0 Å². The summed E-state index contributed by atoms with van der Waals surface area (Å²) in [6.07, 6.45) is 4.95. The molecule has 0 radical (unpaired) electrons. The second kappa shape index (κ2) is 12.4. The third kappa shape index (κ3) is 7.13. The summed E-state index contributed by atoms with van der Waals surface area (Å²) >= 11 is 0. The highest BCUT2D eigenvalue weighted by Crippen LogP contribution is 2.22. The summed E-state index contributed by atoms with van der Waals surface area (Å²) in [6, 6.07) is 8.81. The molecular weight excluding hydrogens is 477 g/mol. The fourth-order valence-electron chi connectivity index (χ4n) is 4.12. The number of nitrogens with one attached hydrogen (secondary N) is 2. The molecule has 2 aliphatic heterocycles. The second-order valence-corrected chi connectivity index (χ2v) is 7.88. The van der Waals surface area contributed by atoms with Crippen LogP contribution in [0.2, 0.25) is 0 Å². The second-order valence-electron chi connectivity index (χ2n) is 7.88. The molecule has 2 heterocycles. The number of likely N-dealkylation sites (tertiary alicyclic amines) is 1. The van der Waals surface area contributed by atoms with Gasteiger partial charge in [-0.1, -0.05) is 31.2 Å². The molecule has 0 spiro atoms. The molecule has 0 atom stereocenters. The molecule has 3 rings (SSSR count). The Bertz CT molecular complexity index is 648. The van der Waals surface area contributed by atoms with Gasteiger partial charge in [0.15, 0.2) is 5.96 Å². The average molecular weight is 513 g/mol. The lowest BCUT2D eigenvalue weighted by molar-refractivity contribution is -0.131. The van der Waals surface area contributed by atoms with Gasteiger partial charge in [0.2, 0.25) is 5.91 Å². The largest absolute Gasteiger partial charge is 0.356 e. The monoisotopic (exact) mass is 513 g/mol. The Labute approximate surface area is 192 Å². The number of rotatable bonds is 7. The number of halogens is 1. The first-order valence-electron chi connectivity index (χ1n) is 10.7. The van der Waals surface area contributed by atoms with Crippen LogP contribution in [0.1, 0.15) is 50.2 Å². The van der Waals surface area contributed by atoms with Crippen molar-refractivity contribution in [2.45, 2.75) is 58.2 Å². The molecule has 0 aromatic heterocycles. The summed E-state index contributed by atoms with van der Waals surface area (Å²) in [5.74, 6) is 1.10. The number of piperidine rings is 1. The number of aliphatic imine (C=N–C) groups is 1. The van der Waals surface area contributed by atoms with Crippen molar-refractivity contribution >= 4 is 35.8 Å². The van der Waals surface area contributed by atoms with Gasteiger partial charge in [-0.05, 0) is 43.4 Å². The Morgan fingerprint density at radius 1 is 1.17 bits per heavy atom. The predicted molar refractivity (Wildman–Crippen MR) is 130 cm³/mol. The van der Waals surface area contributed by atoms with Crippen molar-refractivity contribution in [1.82, 2.24) is 20.4 Å². The van der Waals surface area contributed by atoms with Crippen molar-refractivity contribution < 1.29 is 4.79 Å². The van der Waals surface area contributed by atoms with Crippen LogP contribution in [-0.2, 0) is 17.9 Å². The Morgan fingerprint density at radius 3 is 2.41 bits per heavy atom. The molecule has 6 nitrogen and oxygen atoms in total. The molecule has 2 aliphatic rings. The van der Waals surface area contributed by atoms with Crippen molar-refractivity contribution in [3.05, 3.63) is 35.4 Å². The molecular formula is C22H36IN5O. The van der Waals surface area contributed by atoms with Crippen LogP contribution in [0.15, 0.2) is 29.3 Å². The summed E-state index contributed by atoms with van der Waals surface area (Å²) in [7, 11) is 1.81. The number of hydrogen-bond donors (Lipinski definition) is 2. The van der Waals surface area contributed by atoms with E-state index in [0.29, 0.717) is 12.5 Å². The number of guanidine groups is 1. The van der Waals surface area contributed by atoms with E-state index in [4.69, 9.17) is 0 Å². The smallest absolute Gasteiger partial charge is 0.223 e. The van der Waals surface area contributed by atoms with Gasteiger partial charge in [0.1, 0.15) is 0 Å². The molecule has 1 amide bonds. The van der Waals surface area contributed by atoms with Crippen molar-refractivity contribution in [1.29, 1.82) is 0 Å². The van der Waals surface area contributed by atoms with Gasteiger partial charge in [0.05, 0.1) is 0 Å². The van der Waals surface area contributed by atoms with Crippen LogP contribution in [0.3, 0.4) is 0 Å². The molecule has 1 aromatic rings. The van der Waals surface area contributed by atoms with Crippen LogP contribution in [0, 0.1) is 0 Å². The van der Waals surface area contributed by atoms with E-state index in [1.807, 2.05) is 24.1 Å². The summed E-state index contributed by atoms with van der Waals surface area (Å²) in [6.45, 7) is 8.04. The fourth-order valence-corrected chi connectivity index (χ4v) is 4.12. The third-order valence-corrected chi connectivity index (χ3v) is 5.75. The maximum absolute atomic E-state index is 12.5. The third-order valence-electron chi connectivity index (χ3n) is 5.75. The highest BCUT2D eigenvalue weighted by atomic mass is 127. The van der Waals surface area contributed by atoms with Gasteiger partial charge in [0.25, 0.3) is 0 Å². The lowest BCUT2D eigenvalue weighted by Gasteiger charge is -2.32. The SMILES string of the molecule is CCCN1CCC(NC(=NC)NCCCC(=O)N2Cc3ccccc3C2)CC1.I. The van der Waals surface area contributed by atoms with Crippen molar-refractivity contribution in [3.8, 4) is 0 Å². The summed E-state index contributed by atoms with van der Waals surface area (Å²) in [4.78, 5) is 21.3. The Hall–Kier alpha value is -1.35. The van der Waals surface area contributed by atoms with Gasteiger partial charge in [-0.15, -0.1) is 24.0 Å². The highest BCUT2D eigenvalue weighted by Gasteiger charge is 2.22. The first-order chi connectivity index (χ1) is 13.7. The molecule has 1 fully saturated rings. The zero-order valence-electron chi connectivity index (χ0n) is 17.8. The number of benzene rings is 1. The van der Waals surface area contributed by atoms with Crippen molar-refractivity contribution in [3.63, 3.8) is 0 Å². The van der Waals surface area contributed by atoms with Gasteiger partial charge in [-0.25, -0.2) is 0 Å². The Morgan fingerprint density at radius 2 is 1.83 bits per heavy atom. The van der Waals surface area contributed by atoms with E-state index in [9.17, 15) is 4.79 Å². The van der Waals surface area contributed by atoms with Crippen LogP contribution in [0.4, 0.5) is 0 Å². The number of carbonyl (C=O) groups excluding carboxylic acids is 1. The maximum Gasteiger partial charge on any atom is 0.223 e. The summed E-state index contributed by atoms with van der Waals surface area (Å²) in [5.41, 5.74) is 2.56. The van der Waals surface area contributed by atoms with E-state index in [1.54, 1.807) is 0 Å². The van der Waals surface area contributed by atoms with E-state index < -0.39 is 0 Å². The number of nitrogens with zero attached hydrogens (tertiary/aromatic N) is 3. The minimum Gasteiger partial charge on any atom is -0.356 e. The van der Waals surface area contributed by atoms with E-state index in [2.05, 4.69) is 39.6 Å². The van der Waals surface area contributed by atoms with Crippen LogP contribution in [-0.4, -0.2) is 60.9 Å². The van der Waals surface area contributed by atoms with E-state index >= 15 is 0 Å². The maximum atomic E-state index is 12.5. The molecule has 0 aliphatic carbocycles. The normalized spacial score (nSPS) is 17.6. The first kappa shape index (κ1) is 23.9. The quantitative estimate of drug-likeness (QED) is 0.255. The minimum absolute atomic E-state index is 0. The minimum atomic E-state index is 0. The fraction of sp³-hybridized carbons (Fsp3) is 0.636. The summed E-state index contributed by atoms with van der Waals surface area (Å²) in [5, 5.41) is 6.91. The standard InChI is InChI=1S/C22H35N5O.HI/c1-3-13-26-14-10-20(11-15-26)25-22(23-2)24-12-6-9-21(28)27-16-18-7-4-5-8-19(18)17-27;/h4-5,7-8,20H,3,6,9-17H2,1-2H3,(H2,23,24,25);1H. The predicted octanol–water partition coefficient (Wildman–Crippen LogP) is 2.97. The molecule has 2 N–H and O–H groups in total. The number of fused-ring (bicyclic) bond motifs is 1. The van der Waals surface area contributed by atoms with E-state index in [1.165, 1.54) is 24.1 Å².